The van der Waals surface area contributed by atoms with Crippen molar-refractivity contribution in [3.8, 4) is 17.2 Å². The van der Waals surface area contributed by atoms with Gasteiger partial charge < -0.3 is 14.4 Å². The molecule has 0 saturated carbocycles. The zero-order valence-electron chi connectivity index (χ0n) is 16.1. The number of ether oxygens (including phenoxy) is 2. The number of nitrogens with zero attached hydrogens (tertiary/aromatic N) is 4. The molecule has 0 unspecified atom stereocenters. The molecule has 7 nitrogen and oxygen atoms in total. The monoisotopic (exact) mass is 424 g/mol. The molecule has 0 atom stereocenters. The Kier molecular flexibility index (Phi) is 5.63. The van der Waals surface area contributed by atoms with E-state index in [2.05, 4.69) is 10.3 Å². The summed E-state index contributed by atoms with van der Waals surface area (Å²) in [4.78, 5) is 13.8. The molecule has 0 aliphatic carbocycles. The van der Waals surface area contributed by atoms with Crippen molar-refractivity contribution in [2.75, 3.05) is 26.2 Å². The maximum absolute atomic E-state index is 13.8. The number of anilines is 1. The second-order valence-corrected chi connectivity index (χ2v) is 6.08. The van der Waals surface area contributed by atoms with Crippen LogP contribution in [0.2, 0.25) is 0 Å². The molecular formula is C19H16F4N4O3. The Morgan fingerprint density at radius 2 is 1.67 bits per heavy atom. The molecule has 0 bridgehead atoms. The van der Waals surface area contributed by atoms with E-state index >= 15 is 0 Å². The maximum Gasteiger partial charge on any atom is 0.435 e. The molecule has 158 valence electrons. The van der Waals surface area contributed by atoms with E-state index in [-0.39, 0.29) is 11.4 Å². The highest BCUT2D eigenvalue weighted by molar-refractivity contribution is 6.05. The summed E-state index contributed by atoms with van der Waals surface area (Å²) >= 11 is 0. The third-order valence-electron chi connectivity index (χ3n) is 4.27. The number of amides is 1. The van der Waals surface area contributed by atoms with Crippen LogP contribution in [0, 0.1) is 5.82 Å². The smallest absolute Gasteiger partial charge is 0.435 e. The Hall–Kier alpha value is -3.63. The first kappa shape index (κ1) is 21.1. The Bertz CT molecular complexity index is 1060. The summed E-state index contributed by atoms with van der Waals surface area (Å²) in [6, 6.07) is 8.60. The summed E-state index contributed by atoms with van der Waals surface area (Å²) in [5, 5.41) is 6.93. The normalized spacial score (nSPS) is 11.3. The minimum absolute atomic E-state index is 0.0935. The van der Waals surface area contributed by atoms with E-state index in [0.29, 0.717) is 16.2 Å². The fourth-order valence-electron chi connectivity index (χ4n) is 2.75. The van der Waals surface area contributed by atoms with Crippen molar-refractivity contribution in [2.45, 2.75) is 6.18 Å². The molecule has 0 N–H and O–H groups in total. The molecule has 3 aromatic rings. The minimum Gasteiger partial charge on any atom is -0.493 e. The largest absolute Gasteiger partial charge is 0.493 e. The predicted octanol–water partition coefficient (Wildman–Crippen LogP) is 3.72. The molecule has 0 fully saturated rings. The number of aromatic nitrogens is 3. The van der Waals surface area contributed by atoms with Crippen molar-refractivity contribution < 1.29 is 31.8 Å². The Labute approximate surface area is 168 Å². The van der Waals surface area contributed by atoms with Crippen molar-refractivity contribution >= 4 is 11.6 Å². The Morgan fingerprint density at radius 3 is 2.23 bits per heavy atom. The standard InChI is InChI=1S/C19H16F4N4O3/c1-26(13-8-9-14(29-2)15(10-13)30-3)18(28)16-17(19(21,22)23)27(25-24-16)12-6-4-11(20)5-7-12/h4-10H,1-3H3. The van der Waals surface area contributed by atoms with Gasteiger partial charge in [0.2, 0.25) is 0 Å². The third-order valence-corrected chi connectivity index (χ3v) is 4.27. The molecule has 1 heterocycles. The topological polar surface area (TPSA) is 69.5 Å². The van der Waals surface area contributed by atoms with Crippen molar-refractivity contribution in [3.63, 3.8) is 0 Å². The number of halogens is 4. The van der Waals surface area contributed by atoms with Gasteiger partial charge in [-0.15, -0.1) is 5.10 Å². The SMILES string of the molecule is COc1ccc(N(C)C(=O)c2nnn(-c3ccc(F)cc3)c2C(F)(F)F)cc1OC. The highest BCUT2D eigenvalue weighted by Crippen LogP contribution is 2.35. The summed E-state index contributed by atoms with van der Waals surface area (Å²) in [7, 11) is 4.11. The van der Waals surface area contributed by atoms with E-state index in [1.165, 1.54) is 39.5 Å². The number of benzene rings is 2. The van der Waals surface area contributed by atoms with Crippen LogP contribution in [0.5, 0.6) is 11.5 Å². The lowest BCUT2D eigenvalue weighted by molar-refractivity contribution is -0.143. The van der Waals surface area contributed by atoms with Gasteiger partial charge in [-0.1, -0.05) is 5.21 Å². The maximum atomic E-state index is 13.8. The summed E-state index contributed by atoms with van der Waals surface area (Å²) in [6.07, 6.45) is -4.94. The predicted molar refractivity (Wildman–Crippen MR) is 98.6 cm³/mol. The van der Waals surface area contributed by atoms with Crippen molar-refractivity contribution in [3.05, 3.63) is 59.7 Å². The lowest BCUT2D eigenvalue weighted by Gasteiger charge is -2.19. The fraction of sp³-hybridized carbons (Fsp3) is 0.211. The van der Waals surface area contributed by atoms with Gasteiger partial charge in [0, 0.05) is 18.8 Å². The van der Waals surface area contributed by atoms with Crippen LogP contribution in [0.1, 0.15) is 16.2 Å². The van der Waals surface area contributed by atoms with Gasteiger partial charge in [0.1, 0.15) is 5.82 Å². The molecule has 0 aliphatic rings. The molecule has 3 rings (SSSR count). The van der Waals surface area contributed by atoms with Crippen LogP contribution in [0.3, 0.4) is 0 Å². The van der Waals surface area contributed by atoms with Gasteiger partial charge >= 0.3 is 6.18 Å². The highest BCUT2D eigenvalue weighted by atomic mass is 19.4. The Balaban J connectivity index is 2.05. The number of carbonyl (C=O) groups excluding carboxylic acids is 1. The molecule has 0 spiro atoms. The van der Waals surface area contributed by atoms with E-state index in [4.69, 9.17) is 9.47 Å². The Morgan fingerprint density at radius 1 is 1.03 bits per heavy atom. The lowest BCUT2D eigenvalue weighted by atomic mass is 10.2. The summed E-state index contributed by atoms with van der Waals surface area (Å²) in [5.74, 6) is -0.985. The fourth-order valence-corrected chi connectivity index (χ4v) is 2.75. The van der Waals surface area contributed by atoms with Crippen LogP contribution in [0.25, 0.3) is 5.69 Å². The molecule has 0 aliphatic heterocycles. The van der Waals surface area contributed by atoms with Gasteiger partial charge in [0.05, 0.1) is 19.9 Å². The van der Waals surface area contributed by atoms with Crippen LogP contribution in [0.4, 0.5) is 23.2 Å². The first-order valence-electron chi connectivity index (χ1n) is 8.46. The second-order valence-electron chi connectivity index (χ2n) is 6.08. The number of hydrogen-bond donors (Lipinski definition) is 0. The molecule has 30 heavy (non-hydrogen) atoms. The summed E-state index contributed by atoms with van der Waals surface area (Å²) < 4.78 is 65.2. The van der Waals surface area contributed by atoms with Gasteiger partial charge in [-0.3, -0.25) is 4.79 Å². The zero-order chi connectivity index (χ0) is 22.1. The lowest BCUT2D eigenvalue weighted by Crippen LogP contribution is -2.29. The first-order chi connectivity index (χ1) is 14.2. The molecule has 2 aromatic carbocycles. The first-order valence-corrected chi connectivity index (χ1v) is 8.46. The molecule has 0 radical (unpaired) electrons. The van der Waals surface area contributed by atoms with Crippen molar-refractivity contribution in [1.82, 2.24) is 15.0 Å². The van der Waals surface area contributed by atoms with Gasteiger partial charge in [0.15, 0.2) is 22.9 Å². The molecule has 0 saturated heterocycles. The number of rotatable bonds is 5. The van der Waals surface area contributed by atoms with Gasteiger partial charge in [-0.05, 0) is 36.4 Å². The van der Waals surface area contributed by atoms with Crippen molar-refractivity contribution in [1.29, 1.82) is 0 Å². The van der Waals surface area contributed by atoms with E-state index in [0.717, 1.165) is 29.2 Å². The average Bonchev–Trinajstić information content (AvgIpc) is 3.18. The molecule has 11 heteroatoms. The van der Waals surface area contributed by atoms with E-state index in [1.54, 1.807) is 0 Å². The highest BCUT2D eigenvalue weighted by Gasteiger charge is 2.42. The number of carbonyl (C=O) groups is 1. The minimum atomic E-state index is -4.94. The van der Waals surface area contributed by atoms with Gasteiger partial charge in [-0.2, -0.15) is 13.2 Å². The van der Waals surface area contributed by atoms with E-state index < -0.39 is 29.3 Å². The number of alkyl halides is 3. The van der Waals surface area contributed by atoms with Crippen LogP contribution in [-0.2, 0) is 6.18 Å². The number of methoxy groups -OCH3 is 2. The van der Waals surface area contributed by atoms with Crippen LogP contribution in [-0.4, -0.2) is 42.2 Å². The third kappa shape index (κ3) is 3.91. The van der Waals surface area contributed by atoms with Gasteiger partial charge in [0.25, 0.3) is 5.91 Å². The van der Waals surface area contributed by atoms with E-state index in [9.17, 15) is 22.4 Å². The second kappa shape index (κ2) is 8.01. The van der Waals surface area contributed by atoms with Crippen LogP contribution < -0.4 is 14.4 Å². The quantitative estimate of drug-likeness (QED) is 0.584. The van der Waals surface area contributed by atoms with Crippen LogP contribution >= 0.6 is 0 Å². The average molecular weight is 424 g/mol. The van der Waals surface area contributed by atoms with E-state index in [1.807, 2.05) is 0 Å². The number of hydrogen-bond acceptors (Lipinski definition) is 5. The summed E-state index contributed by atoms with van der Waals surface area (Å²) in [6.45, 7) is 0. The summed E-state index contributed by atoms with van der Waals surface area (Å²) in [5.41, 5.74) is -2.11. The molecule has 1 amide bonds. The van der Waals surface area contributed by atoms with Crippen LogP contribution in [0.15, 0.2) is 42.5 Å². The molecular weight excluding hydrogens is 408 g/mol. The molecule has 1 aromatic heterocycles. The van der Waals surface area contributed by atoms with Gasteiger partial charge in [-0.25, -0.2) is 9.07 Å². The van der Waals surface area contributed by atoms with Crippen molar-refractivity contribution in [2.24, 2.45) is 0 Å². The zero-order valence-corrected chi connectivity index (χ0v) is 16.1.